The summed E-state index contributed by atoms with van der Waals surface area (Å²) in [5.41, 5.74) is 1.76. The molecule has 1 aromatic carbocycles. The molecule has 2 rings (SSSR count). The van der Waals surface area contributed by atoms with Crippen molar-refractivity contribution in [1.82, 2.24) is 14.9 Å². The van der Waals surface area contributed by atoms with Gasteiger partial charge in [-0.15, -0.1) is 0 Å². The fraction of sp³-hybridized carbons (Fsp3) is 0.444. The Hall–Kier alpha value is -2.35. The van der Waals surface area contributed by atoms with E-state index in [0.29, 0.717) is 13.1 Å². The number of alkyl halides is 3. The van der Waals surface area contributed by atoms with Gasteiger partial charge in [-0.05, 0) is 38.6 Å². The van der Waals surface area contributed by atoms with Crippen molar-refractivity contribution in [2.75, 3.05) is 37.8 Å². The number of aryl methyl sites for hydroxylation is 2. The van der Waals surface area contributed by atoms with Crippen LogP contribution in [0.25, 0.3) is 0 Å². The molecule has 5 nitrogen and oxygen atoms in total. The summed E-state index contributed by atoms with van der Waals surface area (Å²) in [6.07, 6.45) is -3.79. The van der Waals surface area contributed by atoms with Gasteiger partial charge in [-0.25, -0.2) is 4.98 Å². The number of benzene rings is 1. The molecule has 0 radical (unpaired) electrons. The van der Waals surface area contributed by atoms with Crippen molar-refractivity contribution in [3.63, 3.8) is 0 Å². The van der Waals surface area contributed by atoms with Gasteiger partial charge in [0.15, 0.2) is 5.69 Å². The molecule has 0 saturated carbocycles. The molecule has 0 unspecified atom stereocenters. The van der Waals surface area contributed by atoms with Gasteiger partial charge in [0.05, 0.1) is 0 Å². The van der Waals surface area contributed by atoms with E-state index >= 15 is 0 Å². The fourth-order valence-corrected chi connectivity index (χ4v) is 2.46. The number of halogens is 3. The second kappa shape index (κ2) is 8.35. The lowest BCUT2D eigenvalue weighted by molar-refractivity contribution is -0.141. The Bertz CT molecular complexity index is 744. The predicted molar refractivity (Wildman–Crippen MR) is 97.9 cm³/mol. The predicted octanol–water partition coefficient (Wildman–Crippen LogP) is 4.08. The second-order valence-electron chi connectivity index (χ2n) is 6.28. The Morgan fingerprint density at radius 3 is 2.50 bits per heavy atom. The topological polar surface area (TPSA) is 53.1 Å². The smallest absolute Gasteiger partial charge is 0.353 e. The Labute approximate surface area is 151 Å². The zero-order valence-electron chi connectivity index (χ0n) is 15.4. The average molecular weight is 367 g/mol. The third kappa shape index (κ3) is 5.32. The summed E-state index contributed by atoms with van der Waals surface area (Å²) in [7, 11) is 3.76. The summed E-state index contributed by atoms with van der Waals surface area (Å²) in [6.45, 7) is 5.00. The summed E-state index contributed by atoms with van der Waals surface area (Å²) < 4.78 is 39.6. The lowest BCUT2D eigenvalue weighted by atomic mass is 10.1. The van der Waals surface area contributed by atoms with E-state index in [1.807, 2.05) is 51.0 Å². The molecule has 0 amide bonds. The number of para-hydroxylation sites is 1. The van der Waals surface area contributed by atoms with E-state index in [0.717, 1.165) is 29.3 Å². The van der Waals surface area contributed by atoms with Crippen LogP contribution in [0.2, 0.25) is 0 Å². The van der Waals surface area contributed by atoms with Crippen LogP contribution in [0.4, 0.5) is 30.6 Å². The molecule has 0 aliphatic carbocycles. The maximum Gasteiger partial charge on any atom is 0.433 e. The van der Waals surface area contributed by atoms with E-state index in [4.69, 9.17) is 0 Å². The third-order valence-electron chi connectivity index (χ3n) is 3.85. The number of rotatable bonds is 7. The van der Waals surface area contributed by atoms with Gasteiger partial charge in [0, 0.05) is 24.8 Å². The lowest BCUT2D eigenvalue weighted by Crippen LogP contribution is -2.22. The number of hydrogen-bond acceptors (Lipinski definition) is 5. The molecular formula is C18H24F3N5. The van der Waals surface area contributed by atoms with Gasteiger partial charge < -0.3 is 15.5 Å². The molecule has 142 valence electrons. The first kappa shape index (κ1) is 20.0. The zero-order chi connectivity index (χ0) is 19.3. The molecule has 2 N–H and O–H groups in total. The normalized spacial score (nSPS) is 11.7. The summed E-state index contributed by atoms with van der Waals surface area (Å²) >= 11 is 0. The lowest BCUT2D eigenvalue weighted by Gasteiger charge is -2.16. The summed E-state index contributed by atoms with van der Waals surface area (Å²) in [5, 5.41) is 5.90. The maximum absolute atomic E-state index is 13.2. The Balaban J connectivity index is 2.35. The van der Waals surface area contributed by atoms with E-state index in [1.54, 1.807) is 0 Å². The Morgan fingerprint density at radius 2 is 1.88 bits per heavy atom. The van der Waals surface area contributed by atoms with Crippen molar-refractivity contribution >= 4 is 17.5 Å². The van der Waals surface area contributed by atoms with Crippen molar-refractivity contribution in [1.29, 1.82) is 0 Å². The van der Waals surface area contributed by atoms with Gasteiger partial charge in [-0.2, -0.15) is 18.2 Å². The molecule has 0 spiro atoms. The molecule has 1 aromatic heterocycles. The van der Waals surface area contributed by atoms with Crippen molar-refractivity contribution in [3.05, 3.63) is 41.1 Å². The molecule has 0 fully saturated rings. The summed E-state index contributed by atoms with van der Waals surface area (Å²) in [5.74, 6) is 0.0690. The van der Waals surface area contributed by atoms with Crippen LogP contribution >= 0.6 is 0 Å². The number of likely N-dealkylation sites (N-methyl/N-ethyl adjacent to an activating group) is 1. The van der Waals surface area contributed by atoms with Crippen LogP contribution < -0.4 is 10.6 Å². The van der Waals surface area contributed by atoms with Crippen molar-refractivity contribution in [2.45, 2.75) is 26.4 Å². The number of aromatic nitrogens is 2. The van der Waals surface area contributed by atoms with Gasteiger partial charge in [0.25, 0.3) is 0 Å². The van der Waals surface area contributed by atoms with E-state index < -0.39 is 11.9 Å². The monoisotopic (exact) mass is 367 g/mol. The molecule has 1 heterocycles. The molecule has 26 heavy (non-hydrogen) atoms. The number of nitrogens with zero attached hydrogens (tertiary/aromatic N) is 3. The number of nitrogens with one attached hydrogen (secondary N) is 2. The van der Waals surface area contributed by atoms with E-state index in [-0.39, 0.29) is 11.8 Å². The van der Waals surface area contributed by atoms with Crippen LogP contribution in [0.15, 0.2) is 24.3 Å². The minimum Gasteiger partial charge on any atom is -0.353 e. The fourth-order valence-electron chi connectivity index (χ4n) is 2.46. The first-order chi connectivity index (χ1) is 12.2. The third-order valence-corrected chi connectivity index (χ3v) is 3.85. The molecule has 8 heteroatoms. The van der Waals surface area contributed by atoms with E-state index in [2.05, 4.69) is 20.6 Å². The molecule has 2 aromatic rings. The molecular weight excluding hydrogens is 343 g/mol. The first-order valence-electron chi connectivity index (χ1n) is 8.41. The highest BCUT2D eigenvalue weighted by molar-refractivity contribution is 5.65. The number of anilines is 3. The van der Waals surface area contributed by atoms with Crippen LogP contribution in [-0.2, 0) is 12.6 Å². The maximum atomic E-state index is 13.2. The van der Waals surface area contributed by atoms with E-state index in [9.17, 15) is 13.2 Å². The summed E-state index contributed by atoms with van der Waals surface area (Å²) in [6, 6.07) is 6.71. The van der Waals surface area contributed by atoms with Crippen LogP contribution in [0, 0.1) is 6.92 Å². The van der Waals surface area contributed by atoms with Crippen LogP contribution in [-0.4, -0.2) is 42.1 Å². The van der Waals surface area contributed by atoms with Crippen LogP contribution in [0.5, 0.6) is 0 Å². The number of hydrogen-bond donors (Lipinski definition) is 2. The molecule has 0 atom stereocenters. The van der Waals surface area contributed by atoms with Crippen LogP contribution in [0.3, 0.4) is 0 Å². The van der Waals surface area contributed by atoms with Crippen molar-refractivity contribution in [2.24, 2.45) is 0 Å². The minimum atomic E-state index is -4.54. The van der Waals surface area contributed by atoms with Crippen molar-refractivity contribution in [3.8, 4) is 0 Å². The molecule has 0 aliphatic heterocycles. The standard InChI is InChI=1S/C18H24F3N5/c1-5-13-8-6-7-12(2)16(13)24-15-11-14(18(19,20)21)23-17(25-15)22-9-10-26(3)4/h6-8,11H,5,9-10H2,1-4H3,(H2,22,23,24,25). The molecule has 0 saturated heterocycles. The van der Waals surface area contributed by atoms with Gasteiger partial charge in [-0.3, -0.25) is 0 Å². The van der Waals surface area contributed by atoms with Gasteiger partial charge in [-0.1, -0.05) is 25.1 Å². The average Bonchev–Trinajstić information content (AvgIpc) is 2.55. The quantitative estimate of drug-likeness (QED) is 0.772. The Kier molecular flexibility index (Phi) is 6.42. The highest BCUT2D eigenvalue weighted by Gasteiger charge is 2.33. The first-order valence-corrected chi connectivity index (χ1v) is 8.41. The summed E-state index contributed by atoms with van der Waals surface area (Å²) in [4.78, 5) is 9.72. The van der Waals surface area contributed by atoms with Gasteiger partial charge in [0.1, 0.15) is 5.82 Å². The molecule has 0 bridgehead atoms. The molecule has 0 aliphatic rings. The largest absolute Gasteiger partial charge is 0.433 e. The van der Waals surface area contributed by atoms with E-state index in [1.165, 1.54) is 0 Å². The zero-order valence-corrected chi connectivity index (χ0v) is 15.4. The second-order valence-corrected chi connectivity index (χ2v) is 6.28. The highest BCUT2D eigenvalue weighted by atomic mass is 19.4. The Morgan fingerprint density at radius 1 is 1.15 bits per heavy atom. The van der Waals surface area contributed by atoms with Gasteiger partial charge in [0.2, 0.25) is 5.95 Å². The van der Waals surface area contributed by atoms with Gasteiger partial charge >= 0.3 is 6.18 Å². The minimum absolute atomic E-state index is 0.0455. The van der Waals surface area contributed by atoms with Crippen LogP contribution in [0.1, 0.15) is 23.7 Å². The SMILES string of the molecule is CCc1cccc(C)c1Nc1cc(C(F)(F)F)nc(NCCN(C)C)n1. The van der Waals surface area contributed by atoms with Crippen molar-refractivity contribution < 1.29 is 13.2 Å². The highest BCUT2D eigenvalue weighted by Crippen LogP contribution is 2.31.